The van der Waals surface area contributed by atoms with Crippen LogP contribution in [0.4, 0.5) is 10.1 Å². The molecule has 6 rings (SSSR count). The number of nitrogens with one attached hydrogen (secondary N) is 2. The molecule has 5 aromatic heterocycles. The van der Waals surface area contributed by atoms with Gasteiger partial charge in [-0.15, -0.1) is 0 Å². The largest absolute Gasteiger partial charge is 0.376 e. The number of rotatable bonds is 7. The Morgan fingerprint density at radius 2 is 1.75 bits per heavy atom. The van der Waals surface area contributed by atoms with E-state index in [-0.39, 0.29) is 12.2 Å². The van der Waals surface area contributed by atoms with Crippen molar-refractivity contribution in [3.05, 3.63) is 78.6 Å². The zero-order valence-electron chi connectivity index (χ0n) is 22.1. The molecule has 0 aliphatic carbocycles. The first kappa shape index (κ1) is 25.6. The predicted octanol–water partition coefficient (Wildman–Crippen LogP) is 5.02. The van der Waals surface area contributed by atoms with Gasteiger partial charge in [-0.1, -0.05) is 6.07 Å². The average molecular weight is 556 g/mol. The molecule has 0 atom stereocenters. The van der Waals surface area contributed by atoms with Gasteiger partial charge < -0.3 is 9.88 Å². The predicted molar refractivity (Wildman–Crippen MR) is 155 cm³/mol. The molecule has 0 aliphatic heterocycles. The molecule has 6 aromatic rings. The van der Waals surface area contributed by atoms with Gasteiger partial charge in [0.25, 0.3) is 0 Å². The van der Waals surface area contributed by atoms with Crippen LogP contribution in [0.1, 0.15) is 5.56 Å². The van der Waals surface area contributed by atoms with Crippen LogP contribution >= 0.6 is 0 Å². The number of anilines is 1. The first-order valence-corrected chi connectivity index (χ1v) is 14.6. The van der Waals surface area contributed by atoms with Crippen LogP contribution < -0.4 is 4.90 Å². The van der Waals surface area contributed by atoms with Crippen LogP contribution in [0.25, 0.3) is 55.7 Å². The molecule has 202 valence electrons. The number of hydrogen-bond acceptors (Lipinski definition) is 7. The third-order valence-corrected chi connectivity index (χ3v) is 7.76. The molecule has 0 radical (unpaired) electrons. The lowest BCUT2D eigenvalue weighted by molar-refractivity contribution is 0.600. The second kappa shape index (κ2) is 9.83. The number of fused-ring (bicyclic) bond motifs is 2. The van der Waals surface area contributed by atoms with Gasteiger partial charge in [0, 0.05) is 60.8 Å². The highest BCUT2D eigenvalue weighted by Crippen LogP contribution is 2.35. The fourth-order valence-corrected chi connectivity index (χ4v) is 5.37. The molecule has 0 aliphatic rings. The zero-order chi connectivity index (χ0) is 28.0. The summed E-state index contributed by atoms with van der Waals surface area (Å²) in [5.74, 6) is -0.471. The molecule has 0 unspecified atom stereocenters. The summed E-state index contributed by atoms with van der Waals surface area (Å²) >= 11 is 0. The lowest BCUT2D eigenvalue weighted by Crippen LogP contribution is -2.08. The van der Waals surface area contributed by atoms with Crippen molar-refractivity contribution in [1.82, 2.24) is 30.1 Å². The lowest BCUT2D eigenvalue weighted by atomic mass is 10.00. The number of aryl methyl sites for hydroxylation is 1. The normalized spacial score (nSPS) is 11.9. The maximum absolute atomic E-state index is 14.6. The number of H-pyrrole nitrogens is 2. The number of aromatic nitrogens is 6. The van der Waals surface area contributed by atoms with Crippen molar-refractivity contribution in [3.63, 3.8) is 0 Å². The van der Waals surface area contributed by atoms with Crippen LogP contribution in [0.15, 0.2) is 67.3 Å². The Balaban J connectivity index is 1.42. The van der Waals surface area contributed by atoms with Crippen molar-refractivity contribution in [2.75, 3.05) is 31.0 Å². The molecule has 0 bridgehead atoms. The van der Waals surface area contributed by atoms with Gasteiger partial charge in [-0.3, -0.25) is 10.1 Å². The van der Waals surface area contributed by atoms with E-state index in [1.165, 1.54) is 18.4 Å². The minimum Gasteiger partial charge on any atom is -0.376 e. The van der Waals surface area contributed by atoms with E-state index < -0.39 is 15.7 Å². The van der Waals surface area contributed by atoms with Crippen LogP contribution in [0, 0.1) is 5.82 Å². The maximum Gasteiger partial charge on any atom is 0.181 e. The molecule has 0 saturated carbocycles. The third kappa shape index (κ3) is 5.03. The van der Waals surface area contributed by atoms with E-state index in [1.807, 2.05) is 43.3 Å². The van der Waals surface area contributed by atoms with Crippen molar-refractivity contribution < 1.29 is 12.8 Å². The molecule has 5 heterocycles. The van der Waals surface area contributed by atoms with Gasteiger partial charge in [-0.25, -0.2) is 22.8 Å². The molecule has 9 nitrogen and oxygen atoms in total. The first-order chi connectivity index (χ1) is 19.1. The lowest BCUT2D eigenvalue weighted by Gasteiger charge is -2.12. The van der Waals surface area contributed by atoms with Crippen molar-refractivity contribution in [3.8, 4) is 33.6 Å². The van der Waals surface area contributed by atoms with E-state index in [0.717, 1.165) is 44.5 Å². The highest BCUT2D eigenvalue weighted by molar-refractivity contribution is 7.90. The van der Waals surface area contributed by atoms with Crippen LogP contribution in [-0.4, -0.2) is 64.7 Å². The second-order valence-corrected chi connectivity index (χ2v) is 12.3. The number of benzene rings is 1. The summed E-state index contributed by atoms with van der Waals surface area (Å²) in [6, 6.07) is 12.5. The fourth-order valence-electron chi connectivity index (χ4n) is 4.76. The number of halogens is 1. The SMILES string of the molecule is CN(C)c1cncc(-c2cnc3n[nH]c(-c4cc5c(-c6cc(F)cc(CCS(C)(=O)=O)c6)ccnc5[nH]4)c3c2)c1. The Hall–Kier alpha value is -4.64. The minimum absolute atomic E-state index is 0.0472. The summed E-state index contributed by atoms with van der Waals surface area (Å²) in [4.78, 5) is 18.8. The van der Waals surface area contributed by atoms with Crippen molar-refractivity contribution in [1.29, 1.82) is 0 Å². The van der Waals surface area contributed by atoms with Gasteiger partial charge >= 0.3 is 0 Å². The first-order valence-electron chi connectivity index (χ1n) is 12.6. The van der Waals surface area contributed by atoms with Crippen LogP contribution in [0.5, 0.6) is 0 Å². The number of pyridine rings is 3. The Labute approximate surface area is 230 Å². The van der Waals surface area contributed by atoms with E-state index in [4.69, 9.17) is 0 Å². The molecular weight excluding hydrogens is 529 g/mol. The summed E-state index contributed by atoms with van der Waals surface area (Å²) in [5.41, 5.74) is 7.57. The van der Waals surface area contributed by atoms with Crippen LogP contribution in [0.3, 0.4) is 0 Å². The molecule has 2 N–H and O–H groups in total. The Bertz CT molecular complexity index is 2000. The molecule has 0 fully saturated rings. The Morgan fingerprint density at radius 1 is 0.925 bits per heavy atom. The summed E-state index contributed by atoms with van der Waals surface area (Å²) in [5, 5.41) is 9.11. The second-order valence-electron chi connectivity index (χ2n) is 10.1. The highest BCUT2D eigenvalue weighted by atomic mass is 32.2. The zero-order valence-corrected chi connectivity index (χ0v) is 22.9. The summed E-state index contributed by atoms with van der Waals surface area (Å²) in [6.45, 7) is 0. The highest BCUT2D eigenvalue weighted by Gasteiger charge is 2.16. The number of hydrogen-bond donors (Lipinski definition) is 2. The molecule has 0 saturated heterocycles. The average Bonchev–Trinajstić information content (AvgIpc) is 3.55. The number of sulfone groups is 1. The molecule has 1 aromatic carbocycles. The third-order valence-electron chi connectivity index (χ3n) is 6.81. The number of aromatic amines is 2. The van der Waals surface area contributed by atoms with E-state index >= 15 is 0 Å². The monoisotopic (exact) mass is 555 g/mol. The van der Waals surface area contributed by atoms with E-state index in [2.05, 4.69) is 36.2 Å². The van der Waals surface area contributed by atoms with Crippen molar-refractivity contribution in [2.45, 2.75) is 6.42 Å². The van der Waals surface area contributed by atoms with E-state index in [9.17, 15) is 12.8 Å². The van der Waals surface area contributed by atoms with Crippen LogP contribution in [-0.2, 0) is 16.3 Å². The number of nitrogens with zero attached hydrogens (tertiary/aromatic N) is 5. The molecule has 0 spiro atoms. The summed E-state index contributed by atoms with van der Waals surface area (Å²) in [7, 11) is 0.763. The van der Waals surface area contributed by atoms with Crippen LogP contribution in [0.2, 0.25) is 0 Å². The van der Waals surface area contributed by atoms with Gasteiger partial charge in [-0.2, -0.15) is 5.10 Å². The van der Waals surface area contributed by atoms with E-state index in [1.54, 1.807) is 24.8 Å². The van der Waals surface area contributed by atoms with E-state index in [0.29, 0.717) is 22.4 Å². The summed E-state index contributed by atoms with van der Waals surface area (Å²) < 4.78 is 37.9. The van der Waals surface area contributed by atoms with Crippen molar-refractivity contribution >= 4 is 37.6 Å². The topological polar surface area (TPSA) is 121 Å². The maximum atomic E-state index is 14.6. The Kier molecular flexibility index (Phi) is 6.30. The minimum atomic E-state index is -3.17. The molecular formula is C29H26FN7O2S. The van der Waals surface area contributed by atoms with Crippen molar-refractivity contribution in [2.24, 2.45) is 0 Å². The van der Waals surface area contributed by atoms with Gasteiger partial charge in [0.05, 0.1) is 29.0 Å². The smallest absolute Gasteiger partial charge is 0.181 e. The fraction of sp³-hybridized carbons (Fsp3) is 0.172. The summed E-state index contributed by atoms with van der Waals surface area (Å²) in [6.07, 6.45) is 8.46. The molecule has 11 heteroatoms. The van der Waals surface area contributed by atoms with Gasteiger partial charge in [0.2, 0.25) is 0 Å². The quantitative estimate of drug-likeness (QED) is 0.284. The Morgan fingerprint density at radius 3 is 2.55 bits per heavy atom. The van der Waals surface area contributed by atoms with Gasteiger partial charge in [0.15, 0.2) is 5.65 Å². The molecule has 0 amide bonds. The van der Waals surface area contributed by atoms with Gasteiger partial charge in [0.1, 0.15) is 21.3 Å². The standard InChI is InChI=1S/C29H26FN7O2S/c1-37(2)22-11-19(14-31-16-22)20-12-25-27(35-36-29(25)33-15-20)26-13-24-23(4-6-32-28(24)34-26)18-8-17(9-21(30)10-18)5-7-40(3,38)39/h4,6,8-16H,5,7H2,1-3H3,(H,32,34)(H,33,35,36). The van der Waals surface area contributed by atoms with Gasteiger partial charge in [-0.05, 0) is 59.5 Å². The molecule has 40 heavy (non-hydrogen) atoms.